The minimum atomic E-state index is -1.02. The summed E-state index contributed by atoms with van der Waals surface area (Å²) >= 11 is 0. The maximum atomic E-state index is 11.5. The molecular formula is C14H13NO3. The van der Waals surface area contributed by atoms with E-state index in [-0.39, 0.29) is 18.6 Å². The third-order valence-corrected chi connectivity index (χ3v) is 3.85. The van der Waals surface area contributed by atoms with Crippen LogP contribution in [0.15, 0.2) is 30.5 Å². The van der Waals surface area contributed by atoms with Crippen molar-refractivity contribution >= 4 is 22.7 Å². The second kappa shape index (κ2) is 3.45. The van der Waals surface area contributed by atoms with Crippen LogP contribution in [0.3, 0.4) is 0 Å². The van der Waals surface area contributed by atoms with Crippen LogP contribution in [0.2, 0.25) is 0 Å². The number of carbonyl (C=O) groups is 2. The maximum Gasteiger partial charge on any atom is 0.315 e. The van der Waals surface area contributed by atoms with Gasteiger partial charge in [0.05, 0.1) is 0 Å². The highest BCUT2D eigenvalue weighted by Gasteiger charge is 2.52. The van der Waals surface area contributed by atoms with Crippen LogP contribution in [-0.4, -0.2) is 21.4 Å². The Kier molecular flexibility index (Phi) is 2.11. The number of hydrogen-bond acceptors (Lipinski definition) is 2. The van der Waals surface area contributed by atoms with Gasteiger partial charge >= 0.3 is 5.97 Å². The third-order valence-electron chi connectivity index (χ3n) is 3.85. The Balaban J connectivity index is 2.25. The summed E-state index contributed by atoms with van der Waals surface area (Å²) in [7, 11) is 1.92. The second-order valence-electron chi connectivity index (χ2n) is 4.94. The Morgan fingerprint density at radius 3 is 2.67 bits per heavy atom. The van der Waals surface area contributed by atoms with E-state index in [0.717, 1.165) is 16.5 Å². The Morgan fingerprint density at radius 1 is 1.33 bits per heavy atom. The molecule has 3 rings (SSSR count). The zero-order valence-electron chi connectivity index (χ0n) is 10.0. The van der Waals surface area contributed by atoms with Crippen molar-refractivity contribution in [2.24, 2.45) is 7.05 Å². The van der Waals surface area contributed by atoms with Gasteiger partial charge in [-0.05, 0) is 17.7 Å². The molecule has 0 aliphatic heterocycles. The largest absolute Gasteiger partial charge is 0.481 e. The maximum absolute atomic E-state index is 11.5. The number of ketones is 1. The number of rotatable bonds is 2. The van der Waals surface area contributed by atoms with Gasteiger partial charge in [0.15, 0.2) is 0 Å². The molecule has 1 aromatic carbocycles. The van der Waals surface area contributed by atoms with E-state index in [1.54, 1.807) is 0 Å². The number of aryl methyl sites for hydroxylation is 1. The highest BCUT2D eigenvalue weighted by atomic mass is 16.4. The van der Waals surface area contributed by atoms with E-state index in [1.165, 1.54) is 0 Å². The molecule has 0 atom stereocenters. The van der Waals surface area contributed by atoms with Gasteiger partial charge in [-0.25, -0.2) is 0 Å². The fourth-order valence-electron chi connectivity index (χ4n) is 2.80. The average molecular weight is 243 g/mol. The molecule has 0 unspecified atom stereocenters. The van der Waals surface area contributed by atoms with E-state index in [9.17, 15) is 14.7 Å². The summed E-state index contributed by atoms with van der Waals surface area (Å²) in [6, 6.07) is 7.54. The van der Waals surface area contributed by atoms with E-state index in [2.05, 4.69) is 0 Å². The number of Topliss-reactive ketones (excluding diaryl/α,β-unsaturated/α-hetero) is 1. The van der Waals surface area contributed by atoms with Crippen molar-refractivity contribution < 1.29 is 14.7 Å². The third kappa shape index (κ3) is 1.26. The molecule has 92 valence electrons. The summed E-state index contributed by atoms with van der Waals surface area (Å²) in [5, 5.41) is 10.4. The minimum Gasteiger partial charge on any atom is -0.481 e. The topological polar surface area (TPSA) is 59.3 Å². The van der Waals surface area contributed by atoms with Crippen molar-refractivity contribution in [2.75, 3.05) is 0 Å². The van der Waals surface area contributed by atoms with Crippen LogP contribution in [-0.2, 0) is 22.1 Å². The Labute approximate surface area is 104 Å². The van der Waals surface area contributed by atoms with Crippen LogP contribution in [0, 0.1) is 0 Å². The number of hydrogen-bond donors (Lipinski definition) is 1. The molecule has 18 heavy (non-hydrogen) atoms. The molecule has 0 amide bonds. The van der Waals surface area contributed by atoms with Gasteiger partial charge in [0, 0.05) is 37.0 Å². The average Bonchev–Trinajstić information content (AvgIpc) is 2.67. The zero-order chi connectivity index (χ0) is 12.9. The predicted octanol–water partition coefficient (Wildman–Crippen LogP) is 1.86. The van der Waals surface area contributed by atoms with Crippen molar-refractivity contribution in [3.05, 3.63) is 36.0 Å². The first-order chi connectivity index (χ1) is 8.54. The smallest absolute Gasteiger partial charge is 0.315 e. The van der Waals surface area contributed by atoms with E-state index in [4.69, 9.17) is 0 Å². The molecule has 0 radical (unpaired) electrons. The highest BCUT2D eigenvalue weighted by molar-refractivity contribution is 6.04. The van der Waals surface area contributed by atoms with Crippen LogP contribution in [0.25, 0.3) is 10.9 Å². The number of fused-ring (bicyclic) bond motifs is 1. The normalized spacial score (nSPS) is 17.7. The Bertz CT molecular complexity index is 661. The lowest BCUT2D eigenvalue weighted by atomic mass is 9.63. The van der Waals surface area contributed by atoms with Crippen LogP contribution < -0.4 is 0 Å². The molecule has 1 heterocycles. The van der Waals surface area contributed by atoms with Gasteiger partial charge in [-0.3, -0.25) is 9.59 Å². The van der Waals surface area contributed by atoms with Gasteiger partial charge in [0.1, 0.15) is 11.2 Å². The van der Waals surface area contributed by atoms with Gasteiger partial charge in [0.25, 0.3) is 0 Å². The van der Waals surface area contributed by atoms with E-state index in [1.807, 2.05) is 42.1 Å². The fourth-order valence-corrected chi connectivity index (χ4v) is 2.80. The molecule has 1 aliphatic rings. The number of benzene rings is 1. The fraction of sp³-hybridized carbons (Fsp3) is 0.286. The Hall–Kier alpha value is -2.10. The zero-order valence-corrected chi connectivity index (χ0v) is 10.0. The summed E-state index contributed by atoms with van der Waals surface area (Å²) in [5.74, 6) is -0.885. The first kappa shape index (κ1) is 11.0. The number of carbonyl (C=O) groups excluding carboxylic acids is 1. The molecule has 2 aromatic rings. The number of aliphatic carboxylic acids is 1. The molecule has 1 saturated carbocycles. The molecule has 1 N–H and O–H groups in total. The van der Waals surface area contributed by atoms with Crippen molar-refractivity contribution in [1.29, 1.82) is 0 Å². The highest BCUT2D eigenvalue weighted by Crippen LogP contribution is 2.44. The quantitative estimate of drug-likeness (QED) is 0.875. The molecule has 4 heteroatoms. The van der Waals surface area contributed by atoms with Crippen LogP contribution in [0.4, 0.5) is 0 Å². The van der Waals surface area contributed by atoms with Crippen molar-refractivity contribution in [3.63, 3.8) is 0 Å². The predicted molar refractivity (Wildman–Crippen MR) is 66.5 cm³/mol. The molecule has 0 spiro atoms. The van der Waals surface area contributed by atoms with Crippen molar-refractivity contribution in [3.8, 4) is 0 Å². The summed E-state index contributed by atoms with van der Waals surface area (Å²) in [4.78, 5) is 22.8. The van der Waals surface area contributed by atoms with Crippen molar-refractivity contribution in [2.45, 2.75) is 18.3 Å². The SMILES string of the molecule is Cn1ccc2c(C3(C(=O)O)CC(=O)C3)cccc21. The standard InChI is InChI=1S/C14H13NO3/c1-15-6-5-10-11(3-2-4-12(10)15)14(13(17)18)7-9(16)8-14/h2-6H,7-8H2,1H3,(H,17,18). The van der Waals surface area contributed by atoms with E-state index < -0.39 is 11.4 Å². The minimum absolute atomic E-state index is 0.0188. The number of aromatic nitrogens is 1. The van der Waals surface area contributed by atoms with Crippen molar-refractivity contribution in [1.82, 2.24) is 4.57 Å². The second-order valence-corrected chi connectivity index (χ2v) is 4.94. The molecule has 1 aliphatic carbocycles. The van der Waals surface area contributed by atoms with Gasteiger partial charge in [0.2, 0.25) is 0 Å². The van der Waals surface area contributed by atoms with E-state index >= 15 is 0 Å². The number of carboxylic acid groups (broad SMARTS) is 1. The molecule has 4 nitrogen and oxygen atoms in total. The monoisotopic (exact) mass is 243 g/mol. The van der Waals surface area contributed by atoms with Gasteiger partial charge < -0.3 is 9.67 Å². The van der Waals surface area contributed by atoms with Crippen LogP contribution in [0.5, 0.6) is 0 Å². The molecular weight excluding hydrogens is 230 g/mol. The summed E-state index contributed by atoms with van der Waals surface area (Å²) in [6.07, 6.45) is 2.12. The van der Waals surface area contributed by atoms with Gasteiger partial charge in [-0.1, -0.05) is 12.1 Å². The molecule has 1 fully saturated rings. The first-order valence-electron chi connectivity index (χ1n) is 5.84. The first-order valence-corrected chi connectivity index (χ1v) is 5.84. The lowest BCUT2D eigenvalue weighted by Crippen LogP contribution is -2.48. The lowest BCUT2D eigenvalue weighted by molar-refractivity contribution is -0.153. The van der Waals surface area contributed by atoms with Gasteiger partial charge in [-0.15, -0.1) is 0 Å². The van der Waals surface area contributed by atoms with E-state index in [0.29, 0.717) is 0 Å². The summed E-state index contributed by atoms with van der Waals surface area (Å²) in [5.41, 5.74) is 0.734. The molecule has 0 saturated heterocycles. The number of nitrogens with zero attached hydrogens (tertiary/aromatic N) is 1. The molecule has 1 aromatic heterocycles. The Morgan fingerprint density at radius 2 is 2.06 bits per heavy atom. The lowest BCUT2D eigenvalue weighted by Gasteiger charge is -2.37. The summed E-state index contributed by atoms with van der Waals surface area (Å²) in [6.45, 7) is 0. The summed E-state index contributed by atoms with van der Waals surface area (Å²) < 4.78 is 1.95. The molecule has 0 bridgehead atoms. The van der Waals surface area contributed by atoms with Crippen LogP contribution in [0.1, 0.15) is 18.4 Å². The van der Waals surface area contributed by atoms with Gasteiger partial charge in [-0.2, -0.15) is 0 Å². The van der Waals surface area contributed by atoms with Crippen LogP contribution >= 0.6 is 0 Å². The number of carboxylic acids is 1.